The van der Waals surface area contributed by atoms with Gasteiger partial charge < -0.3 is 5.73 Å². The molecule has 0 unspecified atom stereocenters. The van der Waals surface area contributed by atoms with Crippen LogP contribution in [0.3, 0.4) is 0 Å². The Bertz CT molecular complexity index is 549. The highest BCUT2D eigenvalue weighted by Gasteiger charge is 2.10. The molecular formula is C12H13FIN3. The standard InChI is InChI=1S/C12H13FIN3/c1-7(2)11-3-4-17(16-11)12-5-8(13)9(14)6-10(12)15/h3-7H,15H2,1-2H3. The monoisotopic (exact) mass is 345 g/mol. The minimum atomic E-state index is -0.281. The molecule has 0 saturated carbocycles. The summed E-state index contributed by atoms with van der Waals surface area (Å²) in [7, 11) is 0. The molecule has 1 aromatic carbocycles. The van der Waals surface area contributed by atoms with E-state index in [2.05, 4.69) is 18.9 Å². The van der Waals surface area contributed by atoms with E-state index in [9.17, 15) is 4.39 Å². The first-order valence-electron chi connectivity index (χ1n) is 5.29. The Labute approximate surface area is 113 Å². The maximum atomic E-state index is 13.5. The van der Waals surface area contributed by atoms with Crippen molar-refractivity contribution in [1.29, 1.82) is 0 Å². The van der Waals surface area contributed by atoms with Crippen molar-refractivity contribution >= 4 is 28.3 Å². The van der Waals surface area contributed by atoms with E-state index in [1.165, 1.54) is 6.07 Å². The third-order valence-electron chi connectivity index (χ3n) is 2.52. The molecule has 0 atom stereocenters. The molecule has 5 heteroatoms. The minimum Gasteiger partial charge on any atom is -0.397 e. The average Bonchev–Trinajstić information content (AvgIpc) is 2.72. The fraction of sp³-hybridized carbons (Fsp3) is 0.250. The number of hydrogen-bond acceptors (Lipinski definition) is 2. The molecule has 2 aromatic rings. The van der Waals surface area contributed by atoms with Crippen molar-refractivity contribution in [3.05, 3.63) is 39.5 Å². The summed E-state index contributed by atoms with van der Waals surface area (Å²) in [4.78, 5) is 0. The Balaban J connectivity index is 2.49. The highest BCUT2D eigenvalue weighted by atomic mass is 127. The van der Waals surface area contributed by atoms with Crippen molar-refractivity contribution in [3.8, 4) is 5.69 Å². The first kappa shape index (κ1) is 12.3. The van der Waals surface area contributed by atoms with E-state index >= 15 is 0 Å². The van der Waals surface area contributed by atoms with Crippen LogP contribution in [-0.2, 0) is 0 Å². The van der Waals surface area contributed by atoms with Gasteiger partial charge >= 0.3 is 0 Å². The van der Waals surface area contributed by atoms with E-state index in [0.29, 0.717) is 20.9 Å². The second-order valence-corrected chi connectivity index (χ2v) is 5.33. The summed E-state index contributed by atoms with van der Waals surface area (Å²) >= 11 is 1.92. The van der Waals surface area contributed by atoms with Gasteiger partial charge in [-0.15, -0.1) is 0 Å². The van der Waals surface area contributed by atoms with E-state index in [1.807, 2.05) is 28.7 Å². The Morgan fingerprint density at radius 3 is 2.71 bits per heavy atom. The zero-order valence-electron chi connectivity index (χ0n) is 9.61. The molecule has 0 aliphatic carbocycles. The lowest BCUT2D eigenvalue weighted by Crippen LogP contribution is -2.03. The average molecular weight is 345 g/mol. The van der Waals surface area contributed by atoms with Crippen molar-refractivity contribution in [1.82, 2.24) is 9.78 Å². The Hall–Kier alpha value is -1.11. The SMILES string of the molecule is CC(C)c1ccn(-c2cc(F)c(I)cc2N)n1. The van der Waals surface area contributed by atoms with E-state index < -0.39 is 0 Å². The van der Waals surface area contributed by atoms with Crippen LogP contribution in [0.25, 0.3) is 5.69 Å². The van der Waals surface area contributed by atoms with Gasteiger partial charge in [0, 0.05) is 12.3 Å². The lowest BCUT2D eigenvalue weighted by atomic mass is 10.1. The van der Waals surface area contributed by atoms with Gasteiger partial charge in [-0.25, -0.2) is 9.07 Å². The van der Waals surface area contributed by atoms with Crippen LogP contribution in [0.4, 0.5) is 10.1 Å². The van der Waals surface area contributed by atoms with Gasteiger partial charge in [-0.1, -0.05) is 13.8 Å². The minimum absolute atomic E-state index is 0.281. The number of anilines is 1. The quantitative estimate of drug-likeness (QED) is 0.670. The highest BCUT2D eigenvalue weighted by molar-refractivity contribution is 14.1. The number of hydrogen-bond donors (Lipinski definition) is 1. The van der Waals surface area contributed by atoms with Crippen LogP contribution in [0.5, 0.6) is 0 Å². The van der Waals surface area contributed by atoms with E-state index in [4.69, 9.17) is 5.73 Å². The van der Waals surface area contributed by atoms with Gasteiger partial charge in [0.1, 0.15) is 5.82 Å². The van der Waals surface area contributed by atoms with Crippen LogP contribution in [-0.4, -0.2) is 9.78 Å². The Morgan fingerprint density at radius 2 is 2.12 bits per heavy atom. The molecule has 0 saturated heterocycles. The third-order valence-corrected chi connectivity index (χ3v) is 3.34. The van der Waals surface area contributed by atoms with Crippen molar-refractivity contribution in [2.24, 2.45) is 0 Å². The number of halogens is 2. The molecule has 90 valence electrons. The normalized spacial score (nSPS) is 11.1. The molecule has 1 aromatic heterocycles. The van der Waals surface area contributed by atoms with Gasteiger partial charge in [0.15, 0.2) is 0 Å². The van der Waals surface area contributed by atoms with Crippen LogP contribution in [0.1, 0.15) is 25.5 Å². The molecule has 1 heterocycles. The van der Waals surface area contributed by atoms with Crippen LogP contribution in [0.2, 0.25) is 0 Å². The molecule has 3 nitrogen and oxygen atoms in total. The largest absolute Gasteiger partial charge is 0.397 e. The summed E-state index contributed by atoms with van der Waals surface area (Å²) in [6, 6.07) is 4.94. The summed E-state index contributed by atoms with van der Waals surface area (Å²) < 4.78 is 15.6. The Kier molecular flexibility index (Phi) is 3.37. The second kappa shape index (κ2) is 4.64. The lowest BCUT2D eigenvalue weighted by molar-refractivity contribution is 0.618. The van der Waals surface area contributed by atoms with Gasteiger partial charge in [-0.2, -0.15) is 5.10 Å². The van der Waals surface area contributed by atoms with Gasteiger partial charge in [0.2, 0.25) is 0 Å². The first-order valence-corrected chi connectivity index (χ1v) is 6.37. The maximum absolute atomic E-state index is 13.5. The number of nitrogens with two attached hydrogens (primary N) is 1. The number of rotatable bonds is 2. The second-order valence-electron chi connectivity index (χ2n) is 4.17. The van der Waals surface area contributed by atoms with E-state index in [0.717, 1.165) is 5.69 Å². The molecule has 0 amide bonds. The summed E-state index contributed by atoms with van der Waals surface area (Å²) in [5.74, 6) is 0.0579. The van der Waals surface area contributed by atoms with Crippen molar-refractivity contribution in [3.63, 3.8) is 0 Å². The maximum Gasteiger partial charge on any atom is 0.138 e. The highest BCUT2D eigenvalue weighted by Crippen LogP contribution is 2.23. The van der Waals surface area contributed by atoms with Crippen molar-refractivity contribution in [2.45, 2.75) is 19.8 Å². The van der Waals surface area contributed by atoms with E-state index in [1.54, 1.807) is 16.9 Å². The van der Waals surface area contributed by atoms with Gasteiger partial charge in [0.25, 0.3) is 0 Å². The topological polar surface area (TPSA) is 43.8 Å². The fourth-order valence-corrected chi connectivity index (χ4v) is 2.02. The van der Waals surface area contributed by atoms with Crippen LogP contribution in [0.15, 0.2) is 24.4 Å². The molecule has 0 fully saturated rings. The first-order chi connectivity index (χ1) is 7.99. The molecule has 0 radical (unpaired) electrons. The zero-order chi connectivity index (χ0) is 12.6. The molecular weight excluding hydrogens is 332 g/mol. The number of aromatic nitrogens is 2. The molecule has 0 aliphatic rings. The van der Waals surface area contributed by atoms with Gasteiger partial charge in [-0.3, -0.25) is 0 Å². The van der Waals surface area contributed by atoms with Gasteiger partial charge in [0.05, 0.1) is 20.6 Å². The molecule has 17 heavy (non-hydrogen) atoms. The molecule has 0 bridgehead atoms. The van der Waals surface area contributed by atoms with Crippen molar-refractivity contribution < 1.29 is 4.39 Å². The van der Waals surface area contributed by atoms with Crippen LogP contribution in [0, 0.1) is 9.39 Å². The predicted molar refractivity (Wildman–Crippen MR) is 74.7 cm³/mol. The lowest BCUT2D eigenvalue weighted by Gasteiger charge is -2.07. The number of nitrogens with zero attached hydrogens (tertiary/aromatic N) is 2. The summed E-state index contributed by atoms with van der Waals surface area (Å²) in [6.45, 7) is 4.12. The summed E-state index contributed by atoms with van der Waals surface area (Å²) in [5.41, 5.74) is 7.94. The molecule has 2 rings (SSSR count). The van der Waals surface area contributed by atoms with Crippen LogP contribution >= 0.6 is 22.6 Å². The number of benzene rings is 1. The predicted octanol–water partition coefficient (Wildman–Crippen LogP) is 3.32. The third kappa shape index (κ3) is 2.43. The smallest absolute Gasteiger partial charge is 0.138 e. The molecule has 2 N–H and O–H groups in total. The molecule has 0 spiro atoms. The van der Waals surface area contributed by atoms with Crippen molar-refractivity contribution in [2.75, 3.05) is 5.73 Å². The summed E-state index contributed by atoms with van der Waals surface area (Å²) in [6.07, 6.45) is 1.80. The Morgan fingerprint density at radius 1 is 1.41 bits per heavy atom. The van der Waals surface area contributed by atoms with E-state index in [-0.39, 0.29) is 5.82 Å². The van der Waals surface area contributed by atoms with Gasteiger partial charge in [-0.05, 0) is 40.6 Å². The summed E-state index contributed by atoms with van der Waals surface area (Å²) in [5, 5.41) is 4.38. The number of nitrogen functional groups attached to an aromatic ring is 1. The van der Waals surface area contributed by atoms with Crippen LogP contribution < -0.4 is 5.73 Å². The zero-order valence-corrected chi connectivity index (χ0v) is 11.8. The fourth-order valence-electron chi connectivity index (χ4n) is 1.53. The molecule has 0 aliphatic heterocycles.